The Labute approximate surface area is 126 Å². The zero-order valence-corrected chi connectivity index (χ0v) is 11.3. The minimum absolute atomic E-state index is 0.323. The largest absolute Gasteiger partial charge is 0.192 e. The Kier molecular flexibility index (Phi) is 2.94. The summed E-state index contributed by atoms with van der Waals surface area (Å²) in [5.41, 5.74) is 1.29. The van der Waals surface area contributed by atoms with Crippen LogP contribution in [-0.2, 0) is 0 Å². The summed E-state index contributed by atoms with van der Waals surface area (Å²) in [5, 5.41) is 39.7. The average Bonchev–Trinajstić information content (AvgIpc) is 2.57. The highest BCUT2D eigenvalue weighted by atomic mass is 14.3. The van der Waals surface area contributed by atoms with Gasteiger partial charge in [-0.15, -0.1) is 0 Å². The van der Waals surface area contributed by atoms with E-state index in [1.54, 1.807) is 36.4 Å². The average molecular weight is 278 g/mol. The van der Waals surface area contributed by atoms with Crippen LogP contribution in [0.3, 0.4) is 0 Å². The SMILES string of the molecule is N#Cc1ccc2cc3c(C#N)c(C#N)ccc3cc2c1C#N. The first kappa shape index (κ1) is 13.1. The fraction of sp³-hybridized carbons (Fsp3) is 0. The summed E-state index contributed by atoms with van der Waals surface area (Å²) in [7, 11) is 0. The molecule has 0 saturated heterocycles. The number of hydrogen-bond acceptors (Lipinski definition) is 4. The van der Waals surface area contributed by atoms with Crippen molar-refractivity contribution in [3.8, 4) is 24.3 Å². The van der Waals surface area contributed by atoms with Crippen molar-refractivity contribution in [3.05, 3.63) is 58.7 Å². The summed E-state index contributed by atoms with van der Waals surface area (Å²) in [6.07, 6.45) is 0. The van der Waals surface area contributed by atoms with E-state index in [0.717, 1.165) is 10.8 Å². The normalized spacial score (nSPS) is 9.64. The highest BCUT2D eigenvalue weighted by Crippen LogP contribution is 2.30. The molecule has 0 aromatic heterocycles. The Morgan fingerprint density at radius 2 is 0.955 bits per heavy atom. The molecule has 98 valence electrons. The first-order valence-electron chi connectivity index (χ1n) is 6.37. The molecule has 0 amide bonds. The van der Waals surface area contributed by atoms with Gasteiger partial charge in [0, 0.05) is 10.8 Å². The lowest BCUT2D eigenvalue weighted by molar-refractivity contribution is 1.45. The van der Waals surface area contributed by atoms with Crippen LogP contribution >= 0.6 is 0 Å². The third kappa shape index (κ3) is 1.74. The molecule has 3 aromatic carbocycles. The Morgan fingerprint density at radius 1 is 0.545 bits per heavy atom. The number of fused-ring (bicyclic) bond motifs is 2. The van der Waals surface area contributed by atoms with Crippen LogP contribution < -0.4 is 0 Å². The van der Waals surface area contributed by atoms with Crippen molar-refractivity contribution in [1.29, 1.82) is 21.0 Å². The quantitative estimate of drug-likeness (QED) is 0.588. The van der Waals surface area contributed by atoms with E-state index in [1.165, 1.54) is 0 Å². The minimum Gasteiger partial charge on any atom is -0.192 e. The van der Waals surface area contributed by atoms with Gasteiger partial charge in [-0.25, -0.2) is 0 Å². The predicted octanol–water partition coefficient (Wildman–Crippen LogP) is 3.48. The molecule has 22 heavy (non-hydrogen) atoms. The highest BCUT2D eigenvalue weighted by molar-refractivity contribution is 6.03. The van der Waals surface area contributed by atoms with E-state index in [-0.39, 0.29) is 0 Å². The van der Waals surface area contributed by atoms with E-state index in [2.05, 4.69) is 12.1 Å². The van der Waals surface area contributed by atoms with Crippen molar-refractivity contribution in [2.24, 2.45) is 0 Å². The third-order valence-electron chi connectivity index (χ3n) is 3.62. The van der Waals surface area contributed by atoms with E-state index in [4.69, 9.17) is 10.5 Å². The molecule has 4 nitrogen and oxygen atoms in total. The zero-order chi connectivity index (χ0) is 15.7. The van der Waals surface area contributed by atoms with Crippen LogP contribution in [0.1, 0.15) is 22.3 Å². The standard InChI is InChI=1S/C18H6N4/c19-7-13-3-1-11-5-16-12(6-15(11)17(13)9-21)2-4-14(8-20)18(16)10-22/h1-6H. The molecule has 0 bridgehead atoms. The molecule has 0 N–H and O–H groups in total. The number of hydrogen-bond donors (Lipinski definition) is 0. The summed E-state index contributed by atoms with van der Waals surface area (Å²) >= 11 is 0. The molecule has 4 heteroatoms. The van der Waals surface area contributed by atoms with Gasteiger partial charge in [0.2, 0.25) is 0 Å². The Bertz CT molecular complexity index is 1020. The van der Waals surface area contributed by atoms with Crippen LogP contribution in [-0.4, -0.2) is 0 Å². The van der Waals surface area contributed by atoms with Crippen LogP contribution in [0.2, 0.25) is 0 Å². The van der Waals surface area contributed by atoms with E-state index >= 15 is 0 Å². The molecule has 0 radical (unpaired) electrons. The molecule has 0 heterocycles. The Balaban J connectivity index is 2.53. The third-order valence-corrected chi connectivity index (χ3v) is 3.62. The van der Waals surface area contributed by atoms with Crippen molar-refractivity contribution in [3.63, 3.8) is 0 Å². The van der Waals surface area contributed by atoms with E-state index in [1.807, 2.05) is 12.1 Å². The van der Waals surface area contributed by atoms with Gasteiger partial charge in [0.1, 0.15) is 24.3 Å². The maximum Gasteiger partial charge on any atom is 0.101 e. The molecule has 0 aliphatic carbocycles. The minimum atomic E-state index is 0.323. The second-order valence-electron chi connectivity index (χ2n) is 4.72. The molecule has 3 aromatic rings. The summed E-state index contributed by atoms with van der Waals surface area (Å²) in [5.74, 6) is 0. The maximum absolute atomic E-state index is 9.31. The highest BCUT2D eigenvalue weighted by Gasteiger charge is 2.12. The number of benzene rings is 3. The summed E-state index contributed by atoms with van der Waals surface area (Å²) in [4.78, 5) is 0. The van der Waals surface area contributed by atoms with Gasteiger partial charge in [-0.05, 0) is 35.0 Å². The Hall–Kier alpha value is -3.86. The van der Waals surface area contributed by atoms with Gasteiger partial charge in [-0.1, -0.05) is 12.1 Å². The van der Waals surface area contributed by atoms with Gasteiger partial charge in [-0.3, -0.25) is 0 Å². The second-order valence-corrected chi connectivity index (χ2v) is 4.72. The fourth-order valence-corrected chi connectivity index (χ4v) is 2.57. The summed E-state index contributed by atoms with van der Waals surface area (Å²) in [6.45, 7) is 0. The van der Waals surface area contributed by atoms with Crippen molar-refractivity contribution in [2.75, 3.05) is 0 Å². The Morgan fingerprint density at radius 3 is 1.27 bits per heavy atom. The van der Waals surface area contributed by atoms with Gasteiger partial charge in [0.15, 0.2) is 0 Å². The van der Waals surface area contributed by atoms with Crippen LogP contribution in [0.15, 0.2) is 36.4 Å². The topological polar surface area (TPSA) is 95.2 Å². The van der Waals surface area contributed by atoms with E-state index in [0.29, 0.717) is 33.0 Å². The molecule has 0 fully saturated rings. The van der Waals surface area contributed by atoms with E-state index < -0.39 is 0 Å². The summed E-state index contributed by atoms with van der Waals surface area (Å²) in [6, 6.07) is 18.4. The van der Waals surface area contributed by atoms with Crippen molar-refractivity contribution in [2.45, 2.75) is 0 Å². The van der Waals surface area contributed by atoms with Gasteiger partial charge in [0.25, 0.3) is 0 Å². The first-order valence-corrected chi connectivity index (χ1v) is 6.37. The van der Waals surface area contributed by atoms with Crippen molar-refractivity contribution in [1.82, 2.24) is 0 Å². The number of nitriles is 4. The van der Waals surface area contributed by atoms with Crippen LogP contribution in [0, 0.1) is 45.3 Å². The molecule has 0 atom stereocenters. The molecular formula is C18H6N4. The summed E-state index contributed by atoms with van der Waals surface area (Å²) < 4.78 is 0. The smallest absolute Gasteiger partial charge is 0.101 e. The zero-order valence-electron chi connectivity index (χ0n) is 11.3. The first-order chi connectivity index (χ1) is 10.7. The lowest BCUT2D eigenvalue weighted by atomic mass is 9.94. The van der Waals surface area contributed by atoms with Gasteiger partial charge >= 0.3 is 0 Å². The van der Waals surface area contributed by atoms with Gasteiger partial charge in [-0.2, -0.15) is 21.0 Å². The van der Waals surface area contributed by atoms with Crippen molar-refractivity contribution >= 4 is 21.5 Å². The molecule has 0 spiro atoms. The lowest BCUT2D eigenvalue weighted by Crippen LogP contribution is -1.90. The number of nitrogens with zero attached hydrogens (tertiary/aromatic N) is 4. The number of rotatable bonds is 0. The van der Waals surface area contributed by atoms with E-state index in [9.17, 15) is 10.5 Å². The monoisotopic (exact) mass is 278 g/mol. The molecule has 3 rings (SSSR count). The molecule has 0 aliphatic rings. The molecule has 0 aliphatic heterocycles. The van der Waals surface area contributed by atoms with Crippen molar-refractivity contribution < 1.29 is 0 Å². The lowest BCUT2D eigenvalue weighted by Gasteiger charge is -2.07. The maximum atomic E-state index is 9.31. The molecule has 0 unspecified atom stereocenters. The van der Waals surface area contributed by atoms with Gasteiger partial charge < -0.3 is 0 Å². The van der Waals surface area contributed by atoms with Crippen LogP contribution in [0.4, 0.5) is 0 Å². The van der Waals surface area contributed by atoms with Crippen LogP contribution in [0.5, 0.6) is 0 Å². The fourth-order valence-electron chi connectivity index (χ4n) is 2.57. The van der Waals surface area contributed by atoms with Gasteiger partial charge in [0.05, 0.1) is 22.3 Å². The molecular weight excluding hydrogens is 272 g/mol. The molecule has 0 saturated carbocycles. The predicted molar refractivity (Wildman–Crippen MR) is 80.3 cm³/mol. The second kappa shape index (κ2) is 4.92. The van der Waals surface area contributed by atoms with Crippen LogP contribution in [0.25, 0.3) is 21.5 Å².